The zero-order chi connectivity index (χ0) is 23.0. The molecule has 0 spiro atoms. The van der Waals surface area contributed by atoms with Gasteiger partial charge in [0.25, 0.3) is 0 Å². The van der Waals surface area contributed by atoms with E-state index in [0.717, 1.165) is 24.2 Å². The van der Waals surface area contributed by atoms with Crippen LogP contribution in [-0.4, -0.2) is 11.7 Å². The van der Waals surface area contributed by atoms with Crippen LogP contribution >= 0.6 is 0 Å². The van der Waals surface area contributed by atoms with Crippen LogP contribution in [0.3, 0.4) is 0 Å². The average molecular weight is 429 g/mol. The van der Waals surface area contributed by atoms with Crippen molar-refractivity contribution in [1.82, 2.24) is 0 Å². The van der Waals surface area contributed by atoms with Crippen molar-refractivity contribution in [3.8, 4) is 0 Å². The predicted molar refractivity (Wildman–Crippen MR) is 135 cm³/mol. The zero-order valence-corrected chi connectivity index (χ0v) is 22.1. The predicted octanol–water partition coefficient (Wildman–Crippen LogP) is 8.73. The van der Waals surface area contributed by atoms with Gasteiger partial charge >= 0.3 is 0 Å². The zero-order valence-electron chi connectivity index (χ0n) is 22.1. The number of fused-ring (bicyclic) bond motifs is 3. The Morgan fingerprint density at radius 3 is 2.35 bits per heavy atom. The standard InChI is InChI=1S/C30H52O/c1-21(2)11-9-12-23(5)25-16-17-30(8)27-15-14-24(22(3)4)26(13-10-20-31)28(27,6)18-19-29(25,30)7/h11,23,25-27,31H,9-10,12-20H2,1-8H3/t23-,25-,26+,27-,28+,29-,30+/m0/s1. The van der Waals surface area contributed by atoms with E-state index in [4.69, 9.17) is 0 Å². The van der Waals surface area contributed by atoms with Crippen molar-refractivity contribution in [3.63, 3.8) is 0 Å². The Morgan fingerprint density at radius 2 is 1.74 bits per heavy atom. The monoisotopic (exact) mass is 428 g/mol. The highest BCUT2D eigenvalue weighted by atomic mass is 16.2. The van der Waals surface area contributed by atoms with Gasteiger partial charge in [-0.05, 0) is 132 Å². The summed E-state index contributed by atoms with van der Waals surface area (Å²) in [6.07, 6.45) is 15.5. The van der Waals surface area contributed by atoms with Crippen molar-refractivity contribution in [3.05, 3.63) is 22.8 Å². The van der Waals surface area contributed by atoms with Gasteiger partial charge in [0.05, 0.1) is 0 Å². The summed E-state index contributed by atoms with van der Waals surface area (Å²) in [6.45, 7) is 20.1. The van der Waals surface area contributed by atoms with Crippen LogP contribution in [0.15, 0.2) is 22.8 Å². The van der Waals surface area contributed by atoms with E-state index in [0.29, 0.717) is 28.8 Å². The Hall–Kier alpha value is -0.560. The molecule has 3 fully saturated rings. The lowest BCUT2D eigenvalue weighted by atomic mass is 9.40. The molecule has 178 valence electrons. The van der Waals surface area contributed by atoms with E-state index in [9.17, 15) is 5.11 Å². The lowest BCUT2D eigenvalue weighted by molar-refractivity contribution is -0.144. The summed E-state index contributed by atoms with van der Waals surface area (Å²) in [5, 5.41) is 9.62. The van der Waals surface area contributed by atoms with Gasteiger partial charge in [0.1, 0.15) is 0 Å². The molecule has 3 aliphatic rings. The maximum atomic E-state index is 9.62. The molecule has 0 bridgehead atoms. The van der Waals surface area contributed by atoms with Gasteiger partial charge < -0.3 is 5.11 Å². The number of rotatable bonds is 7. The lowest BCUT2D eigenvalue weighted by Crippen LogP contribution is -2.57. The first-order chi connectivity index (χ1) is 14.5. The van der Waals surface area contributed by atoms with Crippen molar-refractivity contribution >= 4 is 0 Å². The van der Waals surface area contributed by atoms with Gasteiger partial charge in [-0.3, -0.25) is 0 Å². The molecule has 3 saturated carbocycles. The third kappa shape index (κ3) is 4.22. The molecule has 3 rings (SSSR count). The maximum absolute atomic E-state index is 9.62. The fourth-order valence-corrected chi connectivity index (χ4v) is 9.04. The molecule has 1 heteroatoms. The van der Waals surface area contributed by atoms with Crippen LogP contribution in [0.25, 0.3) is 0 Å². The average Bonchev–Trinajstić information content (AvgIpc) is 2.97. The van der Waals surface area contributed by atoms with Crippen LogP contribution in [0.4, 0.5) is 0 Å². The van der Waals surface area contributed by atoms with Crippen molar-refractivity contribution in [2.45, 2.75) is 120 Å². The van der Waals surface area contributed by atoms with E-state index in [-0.39, 0.29) is 0 Å². The summed E-state index contributed by atoms with van der Waals surface area (Å²) in [5.41, 5.74) is 6.14. The molecule has 7 atom stereocenters. The van der Waals surface area contributed by atoms with E-state index in [1.54, 1.807) is 11.1 Å². The smallest absolute Gasteiger partial charge is 0.0431 e. The first-order valence-electron chi connectivity index (χ1n) is 13.4. The number of aliphatic hydroxyl groups excluding tert-OH is 1. The first-order valence-corrected chi connectivity index (χ1v) is 13.4. The minimum atomic E-state index is 0.341. The molecule has 0 radical (unpaired) electrons. The van der Waals surface area contributed by atoms with Crippen molar-refractivity contribution in [2.24, 2.45) is 39.9 Å². The van der Waals surface area contributed by atoms with E-state index >= 15 is 0 Å². The molecular formula is C30H52O. The van der Waals surface area contributed by atoms with Crippen LogP contribution in [0.2, 0.25) is 0 Å². The van der Waals surface area contributed by atoms with E-state index in [1.807, 2.05) is 0 Å². The second-order valence-electron chi connectivity index (χ2n) is 12.9. The maximum Gasteiger partial charge on any atom is 0.0431 e. The highest BCUT2D eigenvalue weighted by Crippen LogP contribution is 2.74. The molecule has 0 aromatic heterocycles. The van der Waals surface area contributed by atoms with Crippen LogP contribution in [0.5, 0.6) is 0 Å². The van der Waals surface area contributed by atoms with E-state index < -0.39 is 0 Å². The van der Waals surface area contributed by atoms with Gasteiger partial charge in [0.2, 0.25) is 0 Å². The van der Waals surface area contributed by atoms with Crippen LogP contribution in [0, 0.1) is 39.9 Å². The fourth-order valence-electron chi connectivity index (χ4n) is 9.04. The quantitative estimate of drug-likeness (QED) is 0.402. The lowest BCUT2D eigenvalue weighted by Gasteiger charge is -2.65. The number of hydrogen-bond acceptors (Lipinski definition) is 1. The van der Waals surface area contributed by atoms with Gasteiger partial charge in [-0.2, -0.15) is 0 Å². The SMILES string of the molecule is CC(C)=CCC[C@H](C)[C@@H]1CC[C@]2(C)[C@H]3CCC(=C(C)C)[C@@H](CCCO)[C@@]3(C)CC[C@@]12C. The van der Waals surface area contributed by atoms with Crippen LogP contribution in [-0.2, 0) is 0 Å². The Morgan fingerprint density at radius 1 is 1.03 bits per heavy atom. The second kappa shape index (κ2) is 9.36. The molecule has 0 aromatic carbocycles. The first kappa shape index (κ1) is 25.1. The molecule has 0 unspecified atom stereocenters. The van der Waals surface area contributed by atoms with Crippen LogP contribution < -0.4 is 0 Å². The molecule has 0 amide bonds. The molecule has 0 aliphatic heterocycles. The van der Waals surface area contributed by atoms with Gasteiger partial charge in [0, 0.05) is 6.61 Å². The molecule has 0 aromatic rings. The molecule has 31 heavy (non-hydrogen) atoms. The summed E-state index contributed by atoms with van der Waals surface area (Å²) in [6, 6.07) is 0. The van der Waals surface area contributed by atoms with Crippen molar-refractivity contribution in [2.75, 3.05) is 6.61 Å². The largest absolute Gasteiger partial charge is 0.396 e. The summed E-state index contributed by atoms with van der Waals surface area (Å²) in [4.78, 5) is 0. The summed E-state index contributed by atoms with van der Waals surface area (Å²) < 4.78 is 0. The molecule has 0 saturated heterocycles. The molecule has 3 aliphatic carbocycles. The molecule has 0 heterocycles. The van der Waals surface area contributed by atoms with Gasteiger partial charge in [0.15, 0.2) is 0 Å². The van der Waals surface area contributed by atoms with E-state index in [1.165, 1.54) is 63.4 Å². The molecule has 1 nitrogen and oxygen atoms in total. The van der Waals surface area contributed by atoms with Gasteiger partial charge in [-0.15, -0.1) is 0 Å². The van der Waals surface area contributed by atoms with E-state index in [2.05, 4.69) is 61.5 Å². The van der Waals surface area contributed by atoms with Crippen LogP contribution in [0.1, 0.15) is 120 Å². The van der Waals surface area contributed by atoms with Crippen molar-refractivity contribution < 1.29 is 5.11 Å². The minimum Gasteiger partial charge on any atom is -0.396 e. The topological polar surface area (TPSA) is 20.2 Å². The van der Waals surface area contributed by atoms with Gasteiger partial charge in [-0.1, -0.05) is 50.5 Å². The van der Waals surface area contributed by atoms with Crippen molar-refractivity contribution in [1.29, 1.82) is 0 Å². The third-order valence-corrected chi connectivity index (χ3v) is 10.9. The third-order valence-electron chi connectivity index (χ3n) is 10.9. The fraction of sp³-hybridized carbons (Fsp3) is 0.867. The summed E-state index contributed by atoms with van der Waals surface area (Å²) in [7, 11) is 0. The number of aliphatic hydroxyl groups is 1. The second-order valence-corrected chi connectivity index (χ2v) is 12.9. The minimum absolute atomic E-state index is 0.341. The molecular weight excluding hydrogens is 376 g/mol. The summed E-state index contributed by atoms with van der Waals surface area (Å²) >= 11 is 0. The number of hydrogen-bond donors (Lipinski definition) is 1. The Bertz CT molecular complexity index is 693. The number of allylic oxidation sites excluding steroid dienone is 4. The summed E-state index contributed by atoms with van der Waals surface area (Å²) in [5.74, 6) is 3.22. The van der Waals surface area contributed by atoms with Gasteiger partial charge in [-0.25, -0.2) is 0 Å². The Labute approximate surface area is 194 Å². The highest BCUT2D eigenvalue weighted by Gasteiger charge is 2.66. The highest BCUT2D eigenvalue weighted by molar-refractivity contribution is 5.25. The Kier molecular flexibility index (Phi) is 7.57. The Balaban J connectivity index is 1.88. The normalized spacial score (nSPS) is 40.8. The molecule has 1 N–H and O–H groups in total.